The van der Waals surface area contributed by atoms with Crippen molar-refractivity contribution < 1.29 is 8.60 Å². The molecule has 0 saturated carbocycles. The number of nitriles is 1. The van der Waals surface area contributed by atoms with Crippen molar-refractivity contribution in [3.63, 3.8) is 0 Å². The van der Waals surface area contributed by atoms with Crippen molar-refractivity contribution in [2.45, 2.75) is 6.92 Å². The van der Waals surface area contributed by atoms with E-state index in [0.29, 0.717) is 23.7 Å². The monoisotopic (exact) mass is 240 g/mol. The summed E-state index contributed by atoms with van der Waals surface area (Å²) >= 11 is 0. The molecular formula is C11H13FN2OS. The zero-order valence-corrected chi connectivity index (χ0v) is 9.81. The fourth-order valence-corrected chi connectivity index (χ4v) is 1.85. The second kappa shape index (κ2) is 6.23. The number of nitrogens with one attached hydrogen (secondary N) is 1. The van der Waals surface area contributed by atoms with E-state index in [1.54, 1.807) is 12.1 Å². The van der Waals surface area contributed by atoms with Crippen molar-refractivity contribution in [3.8, 4) is 6.07 Å². The van der Waals surface area contributed by atoms with E-state index in [2.05, 4.69) is 5.32 Å². The van der Waals surface area contributed by atoms with Crippen molar-refractivity contribution >= 4 is 16.5 Å². The maximum Gasteiger partial charge on any atom is 0.143 e. The molecule has 0 spiro atoms. The van der Waals surface area contributed by atoms with Gasteiger partial charge in [0.15, 0.2) is 0 Å². The Morgan fingerprint density at radius 3 is 2.94 bits per heavy atom. The molecular weight excluding hydrogens is 227 g/mol. The van der Waals surface area contributed by atoms with Gasteiger partial charge in [-0.25, -0.2) is 4.39 Å². The van der Waals surface area contributed by atoms with Gasteiger partial charge in [-0.05, 0) is 12.1 Å². The molecule has 0 radical (unpaired) electrons. The van der Waals surface area contributed by atoms with Gasteiger partial charge in [-0.1, -0.05) is 13.0 Å². The molecule has 1 unspecified atom stereocenters. The molecule has 1 N–H and O–H groups in total. The third-order valence-corrected chi connectivity index (χ3v) is 3.40. The molecule has 5 heteroatoms. The maximum atomic E-state index is 13.2. The van der Waals surface area contributed by atoms with Gasteiger partial charge in [0, 0.05) is 28.9 Å². The Hall–Kier alpha value is -1.41. The zero-order valence-electron chi connectivity index (χ0n) is 9.00. The van der Waals surface area contributed by atoms with E-state index < -0.39 is 16.6 Å². The summed E-state index contributed by atoms with van der Waals surface area (Å²) < 4.78 is 24.3. The van der Waals surface area contributed by atoms with E-state index >= 15 is 0 Å². The summed E-state index contributed by atoms with van der Waals surface area (Å²) in [7, 11) is -0.854. The second-order valence-corrected chi connectivity index (χ2v) is 5.00. The van der Waals surface area contributed by atoms with Gasteiger partial charge < -0.3 is 5.32 Å². The third kappa shape index (κ3) is 3.31. The molecule has 0 aliphatic carbocycles. The Morgan fingerprint density at radius 2 is 2.31 bits per heavy atom. The van der Waals surface area contributed by atoms with Crippen LogP contribution in [-0.4, -0.2) is 22.3 Å². The minimum atomic E-state index is -0.854. The molecule has 0 bridgehead atoms. The number of anilines is 1. The molecule has 0 heterocycles. The Morgan fingerprint density at radius 1 is 1.56 bits per heavy atom. The molecule has 0 fully saturated rings. The standard InChI is InChI=1S/C11H13FN2OS/c1-2-16(15)7-6-14-11-5-3-4-10(12)9(11)8-13/h3-5,14H,2,6-7H2,1H3. The van der Waals surface area contributed by atoms with Crippen LogP contribution >= 0.6 is 0 Å². The highest BCUT2D eigenvalue weighted by atomic mass is 32.2. The number of benzene rings is 1. The topological polar surface area (TPSA) is 52.9 Å². The first-order valence-electron chi connectivity index (χ1n) is 4.96. The number of hydrogen-bond acceptors (Lipinski definition) is 3. The Balaban J connectivity index is 2.64. The third-order valence-electron chi connectivity index (χ3n) is 2.09. The van der Waals surface area contributed by atoms with Gasteiger partial charge in [0.25, 0.3) is 0 Å². The van der Waals surface area contributed by atoms with Gasteiger partial charge in [0.1, 0.15) is 17.4 Å². The number of hydrogen-bond donors (Lipinski definition) is 1. The first-order valence-corrected chi connectivity index (χ1v) is 6.45. The van der Waals surface area contributed by atoms with Crippen molar-refractivity contribution in [1.29, 1.82) is 5.26 Å². The quantitative estimate of drug-likeness (QED) is 0.855. The van der Waals surface area contributed by atoms with Crippen LogP contribution in [0.5, 0.6) is 0 Å². The van der Waals surface area contributed by atoms with Crippen LogP contribution < -0.4 is 5.32 Å². The fraction of sp³-hybridized carbons (Fsp3) is 0.364. The highest BCUT2D eigenvalue weighted by molar-refractivity contribution is 7.84. The highest BCUT2D eigenvalue weighted by Crippen LogP contribution is 2.17. The lowest BCUT2D eigenvalue weighted by atomic mass is 10.2. The highest BCUT2D eigenvalue weighted by Gasteiger charge is 2.06. The number of rotatable bonds is 5. The fourth-order valence-electron chi connectivity index (χ4n) is 1.23. The van der Waals surface area contributed by atoms with Crippen LogP contribution in [0.4, 0.5) is 10.1 Å². The van der Waals surface area contributed by atoms with Crippen molar-refractivity contribution in [2.75, 3.05) is 23.4 Å². The van der Waals surface area contributed by atoms with E-state index in [9.17, 15) is 8.60 Å². The van der Waals surface area contributed by atoms with Crippen LogP contribution in [0.3, 0.4) is 0 Å². The number of halogens is 1. The van der Waals surface area contributed by atoms with E-state index in [1.165, 1.54) is 12.1 Å². The van der Waals surface area contributed by atoms with E-state index in [0.717, 1.165) is 0 Å². The average Bonchev–Trinajstić information content (AvgIpc) is 2.29. The summed E-state index contributed by atoms with van der Waals surface area (Å²) in [6.45, 7) is 2.32. The van der Waals surface area contributed by atoms with E-state index in [4.69, 9.17) is 5.26 Å². The van der Waals surface area contributed by atoms with E-state index in [1.807, 2.05) is 6.92 Å². The molecule has 16 heavy (non-hydrogen) atoms. The van der Waals surface area contributed by atoms with Crippen LogP contribution in [0.25, 0.3) is 0 Å². The SMILES string of the molecule is CCS(=O)CCNc1cccc(F)c1C#N. The molecule has 0 aliphatic rings. The van der Waals surface area contributed by atoms with Gasteiger partial charge in [0.05, 0.1) is 5.69 Å². The maximum absolute atomic E-state index is 13.2. The molecule has 0 aromatic heterocycles. The lowest BCUT2D eigenvalue weighted by molar-refractivity contribution is 0.624. The normalized spacial score (nSPS) is 11.8. The van der Waals surface area contributed by atoms with Crippen LogP contribution in [0.15, 0.2) is 18.2 Å². The molecule has 1 aromatic rings. The minimum absolute atomic E-state index is 0.00443. The molecule has 0 amide bonds. The van der Waals surface area contributed by atoms with Crippen LogP contribution in [0.2, 0.25) is 0 Å². The van der Waals surface area contributed by atoms with Crippen molar-refractivity contribution in [2.24, 2.45) is 0 Å². The molecule has 1 atom stereocenters. The summed E-state index contributed by atoms with van der Waals surface area (Å²) in [4.78, 5) is 0. The van der Waals surface area contributed by atoms with Gasteiger partial charge in [-0.2, -0.15) is 5.26 Å². The summed E-state index contributed by atoms with van der Waals surface area (Å²) in [6, 6.07) is 6.22. The van der Waals surface area contributed by atoms with Gasteiger partial charge in [-0.3, -0.25) is 4.21 Å². The lowest BCUT2D eigenvalue weighted by Gasteiger charge is -2.07. The second-order valence-electron chi connectivity index (χ2n) is 3.13. The van der Waals surface area contributed by atoms with Gasteiger partial charge >= 0.3 is 0 Å². The zero-order chi connectivity index (χ0) is 12.0. The summed E-state index contributed by atoms with van der Waals surface area (Å²) in [5.74, 6) is 0.567. The Bertz CT molecular complexity index is 428. The molecule has 0 saturated heterocycles. The van der Waals surface area contributed by atoms with Crippen molar-refractivity contribution in [3.05, 3.63) is 29.6 Å². The molecule has 86 valence electrons. The molecule has 0 aliphatic heterocycles. The van der Waals surface area contributed by atoms with E-state index in [-0.39, 0.29) is 5.56 Å². The Labute approximate surface area is 96.7 Å². The minimum Gasteiger partial charge on any atom is -0.383 e. The van der Waals surface area contributed by atoms with Gasteiger partial charge in [-0.15, -0.1) is 0 Å². The Kier molecular flexibility index (Phi) is 4.93. The van der Waals surface area contributed by atoms with Crippen LogP contribution in [0, 0.1) is 17.1 Å². The lowest BCUT2D eigenvalue weighted by Crippen LogP contribution is -2.13. The predicted octanol–water partition coefficient (Wildman–Crippen LogP) is 1.88. The number of nitrogens with zero attached hydrogens (tertiary/aromatic N) is 1. The molecule has 1 rings (SSSR count). The average molecular weight is 240 g/mol. The van der Waals surface area contributed by atoms with Gasteiger partial charge in [0.2, 0.25) is 0 Å². The first kappa shape index (κ1) is 12.7. The summed E-state index contributed by atoms with van der Waals surface area (Å²) in [5.41, 5.74) is 0.459. The summed E-state index contributed by atoms with van der Waals surface area (Å²) in [6.07, 6.45) is 0. The largest absolute Gasteiger partial charge is 0.383 e. The van der Waals surface area contributed by atoms with Crippen molar-refractivity contribution in [1.82, 2.24) is 0 Å². The molecule has 1 aromatic carbocycles. The summed E-state index contributed by atoms with van der Waals surface area (Å²) in [5, 5.41) is 11.7. The van der Waals surface area contributed by atoms with Crippen LogP contribution in [-0.2, 0) is 10.8 Å². The molecule has 3 nitrogen and oxygen atoms in total. The first-order chi connectivity index (χ1) is 7.69. The predicted molar refractivity (Wildman–Crippen MR) is 63.2 cm³/mol. The smallest absolute Gasteiger partial charge is 0.143 e. The van der Waals surface area contributed by atoms with Crippen LogP contribution in [0.1, 0.15) is 12.5 Å².